The van der Waals surface area contributed by atoms with E-state index in [9.17, 15) is 4.79 Å². The minimum atomic E-state index is -1.30. The van der Waals surface area contributed by atoms with E-state index >= 15 is 0 Å². The molecule has 5 nitrogen and oxygen atoms in total. The van der Waals surface area contributed by atoms with Gasteiger partial charge >= 0.3 is 5.97 Å². The first-order valence-corrected chi connectivity index (χ1v) is 3.84. The van der Waals surface area contributed by atoms with Gasteiger partial charge in [0.2, 0.25) is 6.29 Å². The Bertz CT molecular complexity index is 193. The zero-order chi connectivity index (χ0) is 10.4. The Morgan fingerprint density at radius 3 is 2.62 bits per heavy atom. The Kier molecular flexibility index (Phi) is 5.29. The standard InChI is InChI=1S/C8H15NO4/c1-5(2)4-7(10)12-6(3)8(11)13-9/h6,8,11H,1,4,9H2,2-3H3. The third-order valence-corrected chi connectivity index (χ3v) is 1.30. The van der Waals surface area contributed by atoms with Crippen LogP contribution in [0.5, 0.6) is 0 Å². The highest BCUT2D eigenvalue weighted by molar-refractivity contribution is 5.72. The summed E-state index contributed by atoms with van der Waals surface area (Å²) in [4.78, 5) is 15.1. The summed E-state index contributed by atoms with van der Waals surface area (Å²) in [6, 6.07) is 0. The van der Waals surface area contributed by atoms with Gasteiger partial charge in [0.1, 0.15) is 0 Å². The molecule has 2 unspecified atom stereocenters. The van der Waals surface area contributed by atoms with E-state index in [4.69, 9.17) is 15.7 Å². The number of aliphatic hydroxyl groups is 1. The Morgan fingerprint density at radius 1 is 1.69 bits per heavy atom. The normalized spacial score (nSPS) is 14.8. The molecular weight excluding hydrogens is 174 g/mol. The number of nitrogens with two attached hydrogens (primary N) is 1. The van der Waals surface area contributed by atoms with Crippen LogP contribution in [0, 0.1) is 0 Å². The molecule has 0 amide bonds. The van der Waals surface area contributed by atoms with E-state index in [1.165, 1.54) is 6.92 Å². The number of rotatable bonds is 5. The van der Waals surface area contributed by atoms with E-state index in [-0.39, 0.29) is 6.42 Å². The number of carbonyl (C=O) groups excluding carboxylic acids is 1. The first-order chi connectivity index (χ1) is 5.97. The van der Waals surface area contributed by atoms with Gasteiger partial charge in [-0.3, -0.25) is 9.63 Å². The molecule has 2 atom stereocenters. The van der Waals surface area contributed by atoms with Crippen LogP contribution in [0.15, 0.2) is 12.2 Å². The summed E-state index contributed by atoms with van der Waals surface area (Å²) in [5.74, 6) is 4.23. The molecule has 0 aromatic heterocycles. The first-order valence-electron chi connectivity index (χ1n) is 3.84. The maximum atomic E-state index is 11.0. The minimum Gasteiger partial charge on any atom is -0.457 e. The topological polar surface area (TPSA) is 81.8 Å². The van der Waals surface area contributed by atoms with E-state index in [0.29, 0.717) is 5.57 Å². The number of ether oxygens (including phenoxy) is 1. The van der Waals surface area contributed by atoms with Gasteiger partial charge in [0.15, 0.2) is 6.10 Å². The second kappa shape index (κ2) is 5.69. The van der Waals surface area contributed by atoms with Gasteiger partial charge in [0, 0.05) is 0 Å². The molecule has 0 aromatic carbocycles. The molecule has 0 spiro atoms. The average molecular weight is 189 g/mol. The van der Waals surface area contributed by atoms with E-state index in [0.717, 1.165) is 0 Å². The molecule has 0 fully saturated rings. The zero-order valence-electron chi connectivity index (χ0n) is 7.82. The molecule has 76 valence electrons. The van der Waals surface area contributed by atoms with Crippen LogP contribution in [0.4, 0.5) is 0 Å². The molecule has 0 heterocycles. The van der Waals surface area contributed by atoms with Crippen LogP contribution >= 0.6 is 0 Å². The Balaban J connectivity index is 3.84. The summed E-state index contributed by atoms with van der Waals surface area (Å²) in [7, 11) is 0. The lowest BCUT2D eigenvalue weighted by Crippen LogP contribution is -2.32. The smallest absolute Gasteiger partial charge is 0.310 e. The Morgan fingerprint density at radius 2 is 2.23 bits per heavy atom. The molecule has 0 bridgehead atoms. The summed E-state index contributed by atoms with van der Waals surface area (Å²) in [5.41, 5.74) is 0.695. The van der Waals surface area contributed by atoms with Crippen molar-refractivity contribution in [2.24, 2.45) is 5.90 Å². The maximum absolute atomic E-state index is 11.0. The fourth-order valence-electron chi connectivity index (χ4n) is 0.664. The molecule has 0 aliphatic rings. The predicted molar refractivity (Wildman–Crippen MR) is 46.3 cm³/mol. The van der Waals surface area contributed by atoms with Gasteiger partial charge in [-0.1, -0.05) is 12.2 Å². The molecule has 0 rings (SSSR count). The molecule has 0 radical (unpaired) electrons. The summed E-state index contributed by atoms with van der Waals surface area (Å²) >= 11 is 0. The fraction of sp³-hybridized carbons (Fsp3) is 0.625. The maximum Gasteiger partial charge on any atom is 0.310 e. The summed E-state index contributed by atoms with van der Waals surface area (Å²) in [5, 5.41) is 8.96. The van der Waals surface area contributed by atoms with Crippen LogP contribution in [0.1, 0.15) is 20.3 Å². The molecular formula is C8H15NO4. The van der Waals surface area contributed by atoms with Crippen LogP contribution in [0.2, 0.25) is 0 Å². The molecule has 13 heavy (non-hydrogen) atoms. The molecule has 0 aliphatic carbocycles. The van der Waals surface area contributed by atoms with Crippen molar-refractivity contribution in [3.05, 3.63) is 12.2 Å². The van der Waals surface area contributed by atoms with Crippen LogP contribution in [-0.4, -0.2) is 23.5 Å². The van der Waals surface area contributed by atoms with Crippen molar-refractivity contribution in [3.63, 3.8) is 0 Å². The molecule has 0 aromatic rings. The number of aliphatic hydroxyl groups excluding tert-OH is 1. The lowest BCUT2D eigenvalue weighted by Gasteiger charge is -2.16. The van der Waals surface area contributed by atoms with Crippen molar-refractivity contribution in [1.29, 1.82) is 0 Å². The molecule has 0 aliphatic heterocycles. The van der Waals surface area contributed by atoms with Gasteiger partial charge in [-0.15, -0.1) is 0 Å². The van der Waals surface area contributed by atoms with Crippen molar-refractivity contribution in [3.8, 4) is 0 Å². The van der Waals surface area contributed by atoms with E-state index in [1.54, 1.807) is 6.92 Å². The molecule has 5 heteroatoms. The highest BCUT2D eigenvalue weighted by atomic mass is 16.7. The van der Waals surface area contributed by atoms with Crippen molar-refractivity contribution < 1.29 is 19.5 Å². The number of esters is 1. The number of carbonyl (C=O) groups is 1. The van der Waals surface area contributed by atoms with Gasteiger partial charge in [-0.05, 0) is 13.8 Å². The lowest BCUT2D eigenvalue weighted by molar-refractivity contribution is -0.187. The third kappa shape index (κ3) is 5.35. The Labute approximate surface area is 77.1 Å². The third-order valence-electron chi connectivity index (χ3n) is 1.30. The monoisotopic (exact) mass is 189 g/mol. The lowest BCUT2D eigenvalue weighted by atomic mass is 10.2. The van der Waals surface area contributed by atoms with Gasteiger partial charge in [0.25, 0.3) is 0 Å². The average Bonchev–Trinajstić information content (AvgIpc) is 2.01. The highest BCUT2D eigenvalue weighted by Gasteiger charge is 2.18. The van der Waals surface area contributed by atoms with E-state index < -0.39 is 18.4 Å². The molecule has 0 saturated heterocycles. The number of hydrogen-bond donors (Lipinski definition) is 2. The fourth-order valence-corrected chi connectivity index (χ4v) is 0.664. The summed E-state index contributed by atoms with van der Waals surface area (Å²) < 4.78 is 4.76. The van der Waals surface area contributed by atoms with Crippen LogP contribution in [0.25, 0.3) is 0 Å². The minimum absolute atomic E-state index is 0.127. The molecule has 3 N–H and O–H groups in total. The largest absolute Gasteiger partial charge is 0.457 e. The quantitative estimate of drug-likeness (QED) is 0.277. The van der Waals surface area contributed by atoms with Gasteiger partial charge < -0.3 is 9.84 Å². The van der Waals surface area contributed by atoms with Crippen molar-refractivity contribution in [2.75, 3.05) is 0 Å². The summed E-state index contributed by atoms with van der Waals surface area (Å²) in [6.45, 7) is 6.74. The van der Waals surface area contributed by atoms with E-state index in [1.807, 2.05) is 0 Å². The SMILES string of the molecule is C=C(C)CC(=O)OC(C)C(O)ON. The van der Waals surface area contributed by atoms with Gasteiger partial charge in [-0.25, -0.2) is 5.90 Å². The van der Waals surface area contributed by atoms with Crippen LogP contribution in [0.3, 0.4) is 0 Å². The number of hydrogen-bond acceptors (Lipinski definition) is 5. The molecule has 0 saturated carbocycles. The second-order valence-electron chi connectivity index (χ2n) is 2.86. The van der Waals surface area contributed by atoms with Gasteiger partial charge in [-0.2, -0.15) is 0 Å². The van der Waals surface area contributed by atoms with Crippen molar-refractivity contribution in [2.45, 2.75) is 32.7 Å². The summed E-state index contributed by atoms with van der Waals surface area (Å²) in [6.07, 6.45) is -1.95. The van der Waals surface area contributed by atoms with Gasteiger partial charge in [0.05, 0.1) is 6.42 Å². The Hall–Kier alpha value is -0.910. The second-order valence-corrected chi connectivity index (χ2v) is 2.86. The van der Waals surface area contributed by atoms with Crippen molar-refractivity contribution >= 4 is 5.97 Å². The predicted octanol–water partition coefficient (Wildman–Crippen LogP) is 0.0930. The highest BCUT2D eigenvalue weighted by Crippen LogP contribution is 2.03. The van der Waals surface area contributed by atoms with Crippen LogP contribution in [-0.2, 0) is 14.4 Å². The van der Waals surface area contributed by atoms with Crippen molar-refractivity contribution in [1.82, 2.24) is 0 Å². The zero-order valence-corrected chi connectivity index (χ0v) is 7.82. The van der Waals surface area contributed by atoms with Crippen LogP contribution < -0.4 is 5.90 Å². The van der Waals surface area contributed by atoms with E-state index in [2.05, 4.69) is 11.4 Å². The first kappa shape index (κ1) is 12.1.